The van der Waals surface area contributed by atoms with Crippen LogP contribution in [0.2, 0.25) is 0 Å². The minimum absolute atomic E-state index is 0.0135. The van der Waals surface area contributed by atoms with Gasteiger partial charge in [0.15, 0.2) is 0 Å². The molecule has 2 aromatic rings. The van der Waals surface area contributed by atoms with Crippen molar-refractivity contribution in [2.45, 2.75) is 23.3 Å². The molecular formula is C23H20B3FN2O4. The van der Waals surface area contributed by atoms with Crippen molar-refractivity contribution in [1.82, 2.24) is 10.6 Å². The summed E-state index contributed by atoms with van der Waals surface area (Å²) in [7, 11) is 16.6. The summed E-state index contributed by atoms with van der Waals surface area (Å²) in [6.45, 7) is 0.471. The number of fused-ring (bicyclic) bond motifs is 2. The van der Waals surface area contributed by atoms with Crippen molar-refractivity contribution in [2.75, 3.05) is 19.9 Å². The van der Waals surface area contributed by atoms with Crippen molar-refractivity contribution in [1.29, 1.82) is 0 Å². The molecule has 5 atom stereocenters. The molecule has 2 heterocycles. The number of nitrogens with one attached hydrogen (secondary N) is 2. The van der Waals surface area contributed by atoms with Gasteiger partial charge in [-0.3, -0.25) is 9.59 Å². The molecule has 0 bridgehead atoms. The van der Waals surface area contributed by atoms with Crippen molar-refractivity contribution in [3.05, 3.63) is 64.7 Å². The lowest BCUT2D eigenvalue weighted by atomic mass is 9.49. The van der Waals surface area contributed by atoms with Crippen LogP contribution < -0.4 is 15.4 Å². The molecule has 0 spiro atoms. The van der Waals surface area contributed by atoms with Crippen molar-refractivity contribution in [3.63, 3.8) is 0 Å². The van der Waals surface area contributed by atoms with Crippen LogP contribution in [0.4, 0.5) is 4.39 Å². The fourth-order valence-corrected chi connectivity index (χ4v) is 4.86. The summed E-state index contributed by atoms with van der Waals surface area (Å²) in [6, 6.07) is 12.3. The third kappa shape index (κ3) is 4.17. The third-order valence-electron chi connectivity index (χ3n) is 6.49. The van der Waals surface area contributed by atoms with Crippen molar-refractivity contribution < 1.29 is 23.5 Å². The molecule has 162 valence electrons. The van der Waals surface area contributed by atoms with Crippen LogP contribution >= 0.6 is 0 Å². The van der Waals surface area contributed by atoms with Crippen molar-refractivity contribution in [2.24, 2.45) is 11.8 Å². The zero-order valence-electron chi connectivity index (χ0n) is 17.8. The first-order valence-electron chi connectivity index (χ1n) is 10.8. The van der Waals surface area contributed by atoms with Gasteiger partial charge in [0.2, 0.25) is 0 Å². The summed E-state index contributed by atoms with van der Waals surface area (Å²) < 4.78 is 25.2. The molecular weight excluding hydrogens is 420 g/mol. The second-order valence-electron chi connectivity index (χ2n) is 8.89. The zero-order chi connectivity index (χ0) is 23.3. The van der Waals surface area contributed by atoms with Gasteiger partial charge in [-0.15, -0.1) is 0 Å². The van der Waals surface area contributed by atoms with Gasteiger partial charge in [-0.2, -0.15) is 0 Å². The highest BCUT2D eigenvalue weighted by molar-refractivity contribution is 6.60. The molecule has 1 saturated heterocycles. The Morgan fingerprint density at radius 1 is 1.06 bits per heavy atom. The van der Waals surface area contributed by atoms with Gasteiger partial charge in [0, 0.05) is 29.0 Å². The summed E-state index contributed by atoms with van der Waals surface area (Å²) in [4.78, 5) is 26.1. The van der Waals surface area contributed by atoms with E-state index in [1.807, 2.05) is 30.3 Å². The molecule has 2 fully saturated rings. The van der Waals surface area contributed by atoms with E-state index < -0.39 is 29.8 Å². The first-order valence-corrected chi connectivity index (χ1v) is 10.8. The largest absolute Gasteiger partial charge is 0.486 e. The Morgan fingerprint density at radius 3 is 2.39 bits per heavy atom. The highest BCUT2D eigenvalue weighted by Crippen LogP contribution is 2.46. The highest BCUT2D eigenvalue weighted by Gasteiger charge is 2.55. The maximum absolute atomic E-state index is 14.0. The molecule has 2 aromatic carbocycles. The van der Waals surface area contributed by atoms with Crippen molar-refractivity contribution in [3.8, 4) is 5.75 Å². The number of carbonyl (C=O) groups is 2. The summed E-state index contributed by atoms with van der Waals surface area (Å²) in [5, 5.41) is 3.31. The van der Waals surface area contributed by atoms with Gasteiger partial charge in [-0.25, -0.2) is 4.39 Å². The van der Waals surface area contributed by atoms with E-state index in [9.17, 15) is 14.0 Å². The van der Waals surface area contributed by atoms with E-state index in [1.165, 1.54) is 6.07 Å². The minimum Gasteiger partial charge on any atom is -0.486 e. The van der Waals surface area contributed by atoms with E-state index in [-0.39, 0.29) is 28.8 Å². The topological polar surface area (TPSA) is 76.7 Å². The van der Waals surface area contributed by atoms with Gasteiger partial charge in [0.1, 0.15) is 18.5 Å². The molecule has 1 unspecified atom stereocenters. The molecule has 3 aliphatic rings. The number of hydrogen-bond donors (Lipinski definition) is 2. The average Bonchev–Trinajstić information content (AvgIpc) is 3.12. The fraction of sp³-hybridized carbons (Fsp3) is 0.391. The Bertz CT molecular complexity index is 1090. The van der Waals surface area contributed by atoms with E-state index in [0.717, 1.165) is 5.56 Å². The van der Waals surface area contributed by atoms with Gasteiger partial charge in [-0.05, 0) is 17.7 Å². The summed E-state index contributed by atoms with van der Waals surface area (Å²) in [6.07, 6.45) is -0.856. The molecule has 2 amide bonds. The van der Waals surface area contributed by atoms with Crippen LogP contribution in [0.1, 0.15) is 37.8 Å². The molecule has 2 N–H and O–H groups in total. The standard InChI is InChI=1S/C23H20B3FN2O4/c24-23(25,26)29-22(31)14-7-12(21(30)28-19-15-9-32-10-16(15)19)6-13-18(11-4-2-1-3-5-11)17(8-27)33-20(13)14/h1-7,15-19H,8-10H2,(H,28,30)(H,29,31)/t15-,16+,17-,18+,19?/m1/s1. The quantitative estimate of drug-likeness (QED) is 0.652. The number of amides is 2. The number of ether oxygens (including phenoxy) is 2. The third-order valence-corrected chi connectivity index (χ3v) is 6.49. The Balaban J connectivity index is 1.55. The van der Waals surface area contributed by atoms with E-state index in [2.05, 4.69) is 10.6 Å². The predicted molar refractivity (Wildman–Crippen MR) is 122 cm³/mol. The summed E-state index contributed by atoms with van der Waals surface area (Å²) in [5.41, 5.74) is 1.62. The van der Waals surface area contributed by atoms with Gasteiger partial charge in [0.25, 0.3) is 11.8 Å². The van der Waals surface area contributed by atoms with Crippen LogP contribution in [0.25, 0.3) is 0 Å². The van der Waals surface area contributed by atoms with E-state index in [4.69, 9.17) is 33.0 Å². The second-order valence-corrected chi connectivity index (χ2v) is 8.89. The Morgan fingerprint density at radius 2 is 1.76 bits per heavy atom. The number of alkyl halides is 1. The molecule has 1 aliphatic carbocycles. The first-order chi connectivity index (χ1) is 15.8. The number of benzene rings is 2. The first kappa shape index (κ1) is 22.1. The van der Waals surface area contributed by atoms with Gasteiger partial charge < -0.3 is 20.1 Å². The lowest BCUT2D eigenvalue weighted by Gasteiger charge is -2.23. The Kier molecular flexibility index (Phi) is 5.51. The Labute approximate surface area is 195 Å². The lowest BCUT2D eigenvalue weighted by molar-refractivity contribution is 0.0928. The lowest BCUT2D eigenvalue weighted by Crippen LogP contribution is -2.50. The molecule has 5 rings (SSSR count). The highest BCUT2D eigenvalue weighted by atomic mass is 19.1. The van der Waals surface area contributed by atoms with Crippen LogP contribution in [0.5, 0.6) is 5.75 Å². The smallest absolute Gasteiger partial charge is 0.253 e. The second kappa shape index (κ2) is 8.24. The van der Waals surface area contributed by atoms with E-state index in [1.54, 1.807) is 6.07 Å². The molecule has 10 heteroatoms. The van der Waals surface area contributed by atoms with Crippen LogP contribution in [0.15, 0.2) is 42.5 Å². The number of carbonyl (C=O) groups excluding carboxylic acids is 2. The maximum Gasteiger partial charge on any atom is 0.253 e. The normalized spacial score (nSPS) is 27.2. The maximum atomic E-state index is 14.0. The van der Waals surface area contributed by atoms with Gasteiger partial charge >= 0.3 is 0 Å². The van der Waals surface area contributed by atoms with Crippen LogP contribution in [-0.4, -0.2) is 72.6 Å². The van der Waals surface area contributed by atoms with E-state index >= 15 is 0 Å². The summed E-state index contributed by atoms with van der Waals surface area (Å²) >= 11 is 0. The molecule has 2 aliphatic heterocycles. The van der Waals surface area contributed by atoms with Gasteiger partial charge in [-0.1, -0.05) is 35.6 Å². The van der Waals surface area contributed by atoms with E-state index in [0.29, 0.717) is 30.6 Å². The molecule has 0 aromatic heterocycles. The van der Waals surface area contributed by atoms with Crippen LogP contribution in [-0.2, 0) is 4.74 Å². The number of rotatable bonds is 6. The molecule has 33 heavy (non-hydrogen) atoms. The number of halogens is 1. The monoisotopic (exact) mass is 440 g/mol. The van der Waals surface area contributed by atoms with Crippen LogP contribution in [0.3, 0.4) is 0 Å². The molecule has 6 radical (unpaired) electrons. The zero-order valence-corrected chi connectivity index (χ0v) is 17.8. The predicted octanol–water partition coefficient (Wildman–Crippen LogP) is 0.770. The molecule has 1 saturated carbocycles. The Hall–Kier alpha value is -2.74. The fourth-order valence-electron chi connectivity index (χ4n) is 4.86. The average molecular weight is 440 g/mol. The van der Waals surface area contributed by atoms with Crippen LogP contribution in [0, 0.1) is 11.8 Å². The minimum atomic E-state index is -1.98. The molecule has 6 nitrogen and oxygen atoms in total. The number of hydrogen-bond acceptors (Lipinski definition) is 4. The SMILES string of the molecule is [B]C([B])([B])NC(=O)c1cc(C(=O)NC2[C@H]3COC[C@@H]23)cc2c1O[C@H](CF)[C@H]2c1ccccc1. The summed E-state index contributed by atoms with van der Waals surface area (Å²) in [5.74, 6) is -0.749. The van der Waals surface area contributed by atoms with Crippen molar-refractivity contribution >= 4 is 35.4 Å². The van der Waals surface area contributed by atoms with Gasteiger partial charge in [0.05, 0.1) is 48.2 Å².